The van der Waals surface area contributed by atoms with Gasteiger partial charge < -0.3 is 14.3 Å². The summed E-state index contributed by atoms with van der Waals surface area (Å²) in [6, 6.07) is 0. The Morgan fingerprint density at radius 2 is 1.74 bits per heavy atom. The standard InChI is InChI=1S/C11H15NO7/c1-11(2,18-9(15)6-17-3)10(16)19-12-7(13)4-5-8(12)14/h4-6H2,1-3H3. The number of esters is 1. The van der Waals surface area contributed by atoms with Gasteiger partial charge in [-0.15, -0.1) is 5.06 Å². The first-order valence-electron chi connectivity index (χ1n) is 5.57. The van der Waals surface area contributed by atoms with Crippen molar-refractivity contribution in [3.05, 3.63) is 0 Å². The smallest absolute Gasteiger partial charge is 0.375 e. The van der Waals surface area contributed by atoms with Crippen molar-refractivity contribution in [2.24, 2.45) is 0 Å². The molecule has 0 unspecified atom stereocenters. The molecule has 1 aliphatic heterocycles. The van der Waals surface area contributed by atoms with Crippen LogP contribution in [-0.4, -0.2) is 48.1 Å². The van der Waals surface area contributed by atoms with E-state index in [2.05, 4.69) is 9.57 Å². The average molecular weight is 273 g/mol. The maximum atomic E-state index is 11.8. The molecule has 0 N–H and O–H groups in total. The predicted octanol–water partition coefficient (Wildman–Crippen LogP) is -0.438. The Bertz CT molecular complexity index is 399. The number of carbonyl (C=O) groups excluding carboxylic acids is 4. The number of hydrogen-bond acceptors (Lipinski definition) is 7. The summed E-state index contributed by atoms with van der Waals surface area (Å²) in [5.41, 5.74) is -1.63. The molecule has 1 fully saturated rings. The molecular weight excluding hydrogens is 258 g/mol. The first-order chi connectivity index (χ1) is 8.77. The van der Waals surface area contributed by atoms with E-state index in [9.17, 15) is 19.2 Å². The molecule has 0 aromatic carbocycles. The van der Waals surface area contributed by atoms with Crippen molar-refractivity contribution in [3.8, 4) is 0 Å². The summed E-state index contributed by atoms with van der Waals surface area (Å²) in [6.07, 6.45) is -0.00793. The Hall–Kier alpha value is -1.96. The van der Waals surface area contributed by atoms with Gasteiger partial charge in [-0.2, -0.15) is 0 Å². The molecule has 1 aliphatic rings. The van der Waals surface area contributed by atoms with Gasteiger partial charge >= 0.3 is 11.9 Å². The Labute approximate surface area is 109 Å². The van der Waals surface area contributed by atoms with E-state index in [0.717, 1.165) is 0 Å². The van der Waals surface area contributed by atoms with E-state index in [1.54, 1.807) is 0 Å². The second kappa shape index (κ2) is 5.79. The third-order valence-electron chi connectivity index (χ3n) is 2.30. The van der Waals surface area contributed by atoms with Crippen LogP contribution < -0.4 is 0 Å². The summed E-state index contributed by atoms with van der Waals surface area (Å²) >= 11 is 0. The van der Waals surface area contributed by atoms with Gasteiger partial charge in [-0.1, -0.05) is 0 Å². The fourth-order valence-electron chi connectivity index (χ4n) is 1.32. The molecule has 8 nitrogen and oxygen atoms in total. The topological polar surface area (TPSA) is 99.2 Å². The molecule has 1 saturated heterocycles. The summed E-state index contributed by atoms with van der Waals surface area (Å²) in [4.78, 5) is 50.2. The van der Waals surface area contributed by atoms with Crippen LogP contribution in [0, 0.1) is 0 Å². The molecule has 19 heavy (non-hydrogen) atoms. The third-order valence-corrected chi connectivity index (χ3v) is 2.30. The number of hydrogen-bond donors (Lipinski definition) is 0. The van der Waals surface area contributed by atoms with Crippen LogP contribution in [0.1, 0.15) is 26.7 Å². The second-order valence-corrected chi connectivity index (χ2v) is 4.38. The maximum Gasteiger partial charge on any atom is 0.375 e. The second-order valence-electron chi connectivity index (χ2n) is 4.38. The van der Waals surface area contributed by atoms with Crippen LogP contribution in [0.3, 0.4) is 0 Å². The highest BCUT2D eigenvalue weighted by Crippen LogP contribution is 2.17. The summed E-state index contributed by atoms with van der Waals surface area (Å²) in [6.45, 7) is 2.25. The van der Waals surface area contributed by atoms with Crippen LogP contribution in [0.5, 0.6) is 0 Å². The molecule has 0 aromatic rings. The molecule has 0 aliphatic carbocycles. The number of methoxy groups -OCH3 is 1. The van der Waals surface area contributed by atoms with Crippen molar-refractivity contribution in [1.29, 1.82) is 0 Å². The van der Waals surface area contributed by atoms with Crippen LogP contribution in [0.25, 0.3) is 0 Å². The third kappa shape index (κ3) is 3.75. The molecule has 106 valence electrons. The Morgan fingerprint density at radius 1 is 1.21 bits per heavy atom. The highest BCUT2D eigenvalue weighted by Gasteiger charge is 2.40. The number of rotatable bonds is 5. The van der Waals surface area contributed by atoms with E-state index in [4.69, 9.17) is 4.74 Å². The lowest BCUT2D eigenvalue weighted by Gasteiger charge is -2.24. The van der Waals surface area contributed by atoms with Crippen molar-refractivity contribution in [1.82, 2.24) is 5.06 Å². The van der Waals surface area contributed by atoms with E-state index in [1.807, 2.05) is 0 Å². The number of ether oxygens (including phenoxy) is 2. The molecule has 0 atom stereocenters. The van der Waals surface area contributed by atoms with Crippen LogP contribution >= 0.6 is 0 Å². The molecule has 0 saturated carbocycles. The fraction of sp³-hybridized carbons (Fsp3) is 0.636. The van der Waals surface area contributed by atoms with E-state index in [-0.39, 0.29) is 19.4 Å². The summed E-state index contributed by atoms with van der Waals surface area (Å²) in [5.74, 6) is -2.97. The Kier molecular flexibility index (Phi) is 4.60. The van der Waals surface area contributed by atoms with E-state index in [1.165, 1.54) is 21.0 Å². The van der Waals surface area contributed by atoms with E-state index in [0.29, 0.717) is 5.06 Å². The number of carbonyl (C=O) groups is 4. The van der Waals surface area contributed by atoms with Crippen LogP contribution in [0.15, 0.2) is 0 Å². The fourth-order valence-corrected chi connectivity index (χ4v) is 1.32. The molecule has 0 bridgehead atoms. The van der Waals surface area contributed by atoms with Gasteiger partial charge in [-0.3, -0.25) is 9.59 Å². The molecule has 1 rings (SSSR count). The Morgan fingerprint density at radius 3 is 2.21 bits per heavy atom. The molecule has 8 heteroatoms. The maximum absolute atomic E-state index is 11.8. The van der Waals surface area contributed by atoms with Gasteiger partial charge in [0.2, 0.25) is 5.60 Å². The van der Waals surface area contributed by atoms with Crippen molar-refractivity contribution in [2.75, 3.05) is 13.7 Å². The van der Waals surface area contributed by atoms with Gasteiger partial charge in [0.1, 0.15) is 6.61 Å². The highest BCUT2D eigenvalue weighted by atomic mass is 16.7. The minimum atomic E-state index is -1.63. The zero-order chi connectivity index (χ0) is 14.6. The number of imide groups is 1. The predicted molar refractivity (Wildman–Crippen MR) is 59.2 cm³/mol. The normalized spacial score (nSPS) is 15.6. The lowest BCUT2D eigenvalue weighted by molar-refractivity contribution is -0.213. The lowest BCUT2D eigenvalue weighted by atomic mass is 10.1. The Balaban J connectivity index is 2.63. The van der Waals surface area contributed by atoms with Crippen molar-refractivity contribution in [3.63, 3.8) is 0 Å². The molecule has 0 radical (unpaired) electrons. The quantitative estimate of drug-likeness (QED) is 0.494. The highest BCUT2D eigenvalue weighted by molar-refractivity contribution is 6.02. The van der Waals surface area contributed by atoms with Crippen LogP contribution in [-0.2, 0) is 33.5 Å². The summed E-state index contributed by atoms with van der Waals surface area (Å²) in [5, 5.41) is 0.397. The molecule has 0 spiro atoms. The van der Waals surface area contributed by atoms with Gasteiger partial charge in [0, 0.05) is 20.0 Å². The minimum absolute atomic E-state index is 0.00396. The van der Waals surface area contributed by atoms with Gasteiger partial charge in [-0.05, 0) is 13.8 Å². The average Bonchev–Trinajstić information content (AvgIpc) is 2.60. The first kappa shape index (κ1) is 15.1. The van der Waals surface area contributed by atoms with Gasteiger partial charge in [-0.25, -0.2) is 9.59 Å². The molecular formula is C11H15NO7. The van der Waals surface area contributed by atoms with E-state index >= 15 is 0 Å². The summed E-state index contributed by atoms with van der Waals surface area (Å²) in [7, 11) is 1.30. The molecule has 1 heterocycles. The number of hydroxylamine groups is 2. The van der Waals surface area contributed by atoms with Gasteiger partial charge in [0.15, 0.2) is 0 Å². The summed E-state index contributed by atoms with van der Waals surface area (Å²) < 4.78 is 9.38. The first-order valence-corrected chi connectivity index (χ1v) is 5.57. The van der Waals surface area contributed by atoms with E-state index < -0.39 is 29.4 Å². The van der Waals surface area contributed by atoms with Crippen LogP contribution in [0.2, 0.25) is 0 Å². The van der Waals surface area contributed by atoms with Gasteiger partial charge in [0.25, 0.3) is 11.8 Å². The lowest BCUT2D eigenvalue weighted by Crippen LogP contribution is -2.44. The zero-order valence-corrected chi connectivity index (χ0v) is 10.9. The molecule has 0 aromatic heterocycles. The SMILES string of the molecule is COCC(=O)OC(C)(C)C(=O)ON1C(=O)CCC1=O. The zero-order valence-electron chi connectivity index (χ0n) is 10.9. The van der Waals surface area contributed by atoms with Crippen molar-refractivity contribution in [2.45, 2.75) is 32.3 Å². The van der Waals surface area contributed by atoms with Crippen molar-refractivity contribution < 1.29 is 33.5 Å². The van der Waals surface area contributed by atoms with Crippen molar-refractivity contribution >= 4 is 23.8 Å². The number of amides is 2. The van der Waals surface area contributed by atoms with Gasteiger partial charge in [0.05, 0.1) is 0 Å². The molecule has 2 amide bonds. The minimum Gasteiger partial charge on any atom is -0.446 e. The van der Waals surface area contributed by atoms with Crippen LogP contribution in [0.4, 0.5) is 0 Å². The monoisotopic (exact) mass is 273 g/mol. The largest absolute Gasteiger partial charge is 0.446 e. The number of nitrogens with zero attached hydrogens (tertiary/aromatic N) is 1.